The molecule has 6 heteroatoms. The van der Waals surface area contributed by atoms with E-state index in [-0.39, 0.29) is 5.41 Å². The van der Waals surface area contributed by atoms with E-state index in [1.54, 1.807) is 19.2 Å². The Morgan fingerprint density at radius 1 is 1.10 bits per heavy atom. The molecule has 2 amide bonds. The number of benzene rings is 1. The number of nitrogens with one attached hydrogen (secondary N) is 2. The van der Waals surface area contributed by atoms with E-state index in [9.17, 15) is 9.59 Å². The van der Waals surface area contributed by atoms with Crippen LogP contribution in [0.3, 0.4) is 0 Å². The van der Waals surface area contributed by atoms with E-state index in [4.69, 9.17) is 9.47 Å². The molecule has 0 radical (unpaired) electrons. The van der Waals surface area contributed by atoms with Crippen molar-refractivity contribution in [2.75, 3.05) is 19.0 Å². The van der Waals surface area contributed by atoms with Crippen LogP contribution in [0.25, 0.3) is 5.57 Å². The van der Waals surface area contributed by atoms with Crippen LogP contribution in [0.4, 0.5) is 5.69 Å². The van der Waals surface area contributed by atoms with Crippen LogP contribution in [0.2, 0.25) is 0 Å². The number of hydrogen-bond donors (Lipinski definition) is 2. The lowest BCUT2D eigenvalue weighted by atomic mass is 9.82. The van der Waals surface area contributed by atoms with Gasteiger partial charge in [-0.2, -0.15) is 0 Å². The van der Waals surface area contributed by atoms with E-state index < -0.39 is 17.4 Å². The van der Waals surface area contributed by atoms with Crippen molar-refractivity contribution in [3.8, 4) is 5.75 Å². The summed E-state index contributed by atoms with van der Waals surface area (Å²) in [4.78, 5) is 24.7. The van der Waals surface area contributed by atoms with Crippen LogP contribution in [0, 0.1) is 5.41 Å². The first-order valence-electron chi connectivity index (χ1n) is 9.72. The van der Waals surface area contributed by atoms with E-state index in [0.717, 1.165) is 23.3 Å². The van der Waals surface area contributed by atoms with Crippen LogP contribution in [-0.2, 0) is 14.3 Å². The highest BCUT2D eigenvalue weighted by molar-refractivity contribution is 6.39. The van der Waals surface area contributed by atoms with Crippen LogP contribution >= 0.6 is 0 Å². The highest BCUT2D eigenvalue weighted by atomic mass is 16.5. The van der Waals surface area contributed by atoms with Gasteiger partial charge in [0.2, 0.25) is 0 Å². The molecule has 2 N–H and O–H groups in total. The summed E-state index contributed by atoms with van der Waals surface area (Å²) in [5, 5.41) is 5.46. The minimum atomic E-state index is -0.708. The minimum Gasteiger partial charge on any atom is -0.496 e. The average Bonchev–Trinajstić information content (AvgIpc) is 2.59. The second-order valence-corrected chi connectivity index (χ2v) is 9.20. The lowest BCUT2D eigenvalue weighted by Gasteiger charge is -2.33. The molecular formula is C23H32N2O4. The largest absolute Gasteiger partial charge is 0.496 e. The maximum atomic E-state index is 12.4. The zero-order valence-electron chi connectivity index (χ0n) is 18.4. The Hall–Kier alpha value is -2.76. The Bertz CT molecular complexity index is 845. The van der Waals surface area contributed by atoms with E-state index in [0.29, 0.717) is 18.0 Å². The van der Waals surface area contributed by atoms with E-state index in [1.165, 1.54) is 0 Å². The first-order chi connectivity index (χ1) is 13.4. The quantitative estimate of drug-likeness (QED) is 0.723. The molecule has 0 aromatic heterocycles. The molecule has 0 saturated carbocycles. The molecule has 0 unspecified atom stereocenters. The van der Waals surface area contributed by atoms with Crippen LogP contribution in [0.1, 0.15) is 53.5 Å². The van der Waals surface area contributed by atoms with Gasteiger partial charge in [-0.15, -0.1) is 0 Å². The second kappa shape index (κ2) is 8.72. The van der Waals surface area contributed by atoms with Crippen LogP contribution in [0.15, 0.2) is 36.1 Å². The number of carbonyl (C=O) groups excluding carboxylic acids is 2. The van der Waals surface area contributed by atoms with Gasteiger partial charge in [0.1, 0.15) is 12.4 Å². The Balaban J connectivity index is 2.10. The van der Waals surface area contributed by atoms with Crippen molar-refractivity contribution in [3.05, 3.63) is 41.7 Å². The molecule has 0 saturated heterocycles. The van der Waals surface area contributed by atoms with Crippen LogP contribution in [0.5, 0.6) is 5.75 Å². The summed E-state index contributed by atoms with van der Waals surface area (Å²) in [5.74, 6) is 0.0860. The number of allylic oxidation sites excluding steroid dienone is 3. The highest BCUT2D eigenvalue weighted by Crippen LogP contribution is 2.31. The summed E-state index contributed by atoms with van der Waals surface area (Å²) in [7, 11) is 1.57. The topological polar surface area (TPSA) is 76.7 Å². The van der Waals surface area contributed by atoms with E-state index in [1.807, 2.05) is 39.0 Å². The second-order valence-electron chi connectivity index (χ2n) is 9.20. The van der Waals surface area contributed by atoms with Gasteiger partial charge in [-0.1, -0.05) is 26.8 Å². The fraction of sp³-hybridized carbons (Fsp3) is 0.478. The molecule has 1 aliphatic rings. The molecule has 0 aliphatic carbocycles. The lowest BCUT2D eigenvalue weighted by molar-refractivity contribution is -0.137. The fourth-order valence-corrected chi connectivity index (χ4v) is 3.63. The smallest absolute Gasteiger partial charge is 0.313 e. The number of ether oxygens (including phenoxy) is 2. The highest BCUT2D eigenvalue weighted by Gasteiger charge is 2.29. The van der Waals surface area contributed by atoms with Crippen molar-refractivity contribution in [1.82, 2.24) is 5.32 Å². The number of amides is 2. The standard InChI is InChI=1S/C23H32N2O4/c1-15-8-9-16(13-29-15)18-11-10-17(12-19(18)28-7)24-20(26)21(27)25-23(5,6)14-22(2,3)4/h8-12H,13-14H2,1-7H3,(H,24,26)(H,25,27). The maximum Gasteiger partial charge on any atom is 0.313 e. The van der Waals surface area contributed by atoms with Gasteiger partial charge in [-0.05, 0) is 50.8 Å². The molecule has 0 atom stereocenters. The summed E-state index contributed by atoms with van der Waals surface area (Å²) >= 11 is 0. The molecule has 0 spiro atoms. The zero-order chi connectivity index (χ0) is 21.8. The average molecular weight is 401 g/mol. The first-order valence-corrected chi connectivity index (χ1v) is 9.72. The Labute approximate surface area is 173 Å². The van der Waals surface area contributed by atoms with Gasteiger partial charge in [0.25, 0.3) is 0 Å². The Morgan fingerprint density at radius 2 is 1.79 bits per heavy atom. The van der Waals surface area contributed by atoms with Crippen molar-refractivity contribution in [1.29, 1.82) is 0 Å². The van der Waals surface area contributed by atoms with Crippen molar-refractivity contribution in [2.45, 2.75) is 53.5 Å². The van der Waals surface area contributed by atoms with Crippen molar-refractivity contribution >= 4 is 23.1 Å². The van der Waals surface area contributed by atoms with E-state index in [2.05, 4.69) is 31.4 Å². The van der Waals surface area contributed by atoms with Crippen molar-refractivity contribution in [2.24, 2.45) is 5.41 Å². The molecule has 0 bridgehead atoms. The van der Waals surface area contributed by atoms with Gasteiger partial charge in [-0.25, -0.2) is 0 Å². The molecule has 0 fully saturated rings. The Morgan fingerprint density at radius 3 is 2.34 bits per heavy atom. The van der Waals surface area contributed by atoms with Crippen LogP contribution < -0.4 is 15.4 Å². The van der Waals surface area contributed by atoms with Crippen molar-refractivity contribution < 1.29 is 19.1 Å². The third-order valence-corrected chi connectivity index (χ3v) is 4.41. The third kappa shape index (κ3) is 6.66. The molecule has 1 aromatic rings. The number of methoxy groups -OCH3 is 1. The molecule has 1 heterocycles. The molecule has 29 heavy (non-hydrogen) atoms. The summed E-state index contributed by atoms with van der Waals surface area (Å²) in [6, 6.07) is 5.29. The summed E-state index contributed by atoms with van der Waals surface area (Å²) < 4.78 is 11.0. The van der Waals surface area contributed by atoms with Gasteiger partial charge in [0.15, 0.2) is 0 Å². The number of hydrogen-bond acceptors (Lipinski definition) is 4. The van der Waals surface area contributed by atoms with Gasteiger partial charge in [-0.3, -0.25) is 9.59 Å². The van der Waals surface area contributed by atoms with Crippen molar-refractivity contribution in [3.63, 3.8) is 0 Å². The molecule has 2 rings (SSSR count). The Kier molecular flexibility index (Phi) is 6.77. The number of anilines is 1. The molecule has 1 aliphatic heterocycles. The molecule has 158 valence electrons. The zero-order valence-corrected chi connectivity index (χ0v) is 18.4. The lowest BCUT2D eigenvalue weighted by Crippen LogP contribution is -2.49. The summed E-state index contributed by atoms with van der Waals surface area (Å²) in [5.41, 5.74) is 1.88. The van der Waals surface area contributed by atoms with Gasteiger partial charge < -0.3 is 20.1 Å². The predicted molar refractivity (Wildman–Crippen MR) is 116 cm³/mol. The third-order valence-electron chi connectivity index (χ3n) is 4.41. The van der Waals surface area contributed by atoms with Gasteiger partial charge in [0.05, 0.1) is 12.9 Å². The fourth-order valence-electron chi connectivity index (χ4n) is 3.63. The SMILES string of the molecule is COc1cc(NC(=O)C(=O)NC(C)(C)CC(C)(C)C)ccc1C1=CC=C(C)OC1. The maximum absolute atomic E-state index is 12.4. The van der Waals surface area contributed by atoms with Crippen LogP contribution in [-0.4, -0.2) is 31.1 Å². The number of rotatable bonds is 5. The minimum absolute atomic E-state index is 0.0295. The normalized spacial score (nSPS) is 14.3. The van der Waals surface area contributed by atoms with Gasteiger partial charge in [0, 0.05) is 28.4 Å². The molecule has 6 nitrogen and oxygen atoms in total. The van der Waals surface area contributed by atoms with E-state index >= 15 is 0 Å². The number of carbonyl (C=O) groups is 2. The summed E-state index contributed by atoms with van der Waals surface area (Å²) in [6.45, 7) is 12.5. The molecular weight excluding hydrogens is 368 g/mol. The first kappa shape index (κ1) is 22.5. The molecule has 1 aromatic carbocycles. The van der Waals surface area contributed by atoms with Gasteiger partial charge >= 0.3 is 11.8 Å². The summed E-state index contributed by atoms with van der Waals surface area (Å²) in [6.07, 6.45) is 4.63. The monoisotopic (exact) mass is 400 g/mol. The predicted octanol–water partition coefficient (Wildman–Crippen LogP) is 4.28.